The molecular formula is C20H14N10. The zero-order valence-corrected chi connectivity index (χ0v) is 15.8. The summed E-state index contributed by atoms with van der Waals surface area (Å²) in [6.07, 6.45) is 4.77. The summed E-state index contributed by atoms with van der Waals surface area (Å²) in [5.41, 5.74) is 3.77. The molecule has 4 heterocycles. The first-order chi connectivity index (χ1) is 14.8. The first-order valence-corrected chi connectivity index (χ1v) is 9.03. The van der Waals surface area contributed by atoms with Crippen LogP contribution in [0.15, 0.2) is 71.3 Å². The Labute approximate surface area is 170 Å². The lowest BCUT2D eigenvalue weighted by Gasteiger charge is -2.02. The van der Waals surface area contributed by atoms with Gasteiger partial charge in [-0.05, 0) is 19.1 Å². The largest absolute Gasteiger partial charge is 0.293 e. The van der Waals surface area contributed by atoms with Gasteiger partial charge in [0.05, 0.1) is 30.3 Å². The van der Waals surface area contributed by atoms with Crippen molar-refractivity contribution < 1.29 is 0 Å². The van der Waals surface area contributed by atoms with Gasteiger partial charge in [-0.15, -0.1) is 20.4 Å². The van der Waals surface area contributed by atoms with Gasteiger partial charge in [0.25, 0.3) is 5.69 Å². The lowest BCUT2D eigenvalue weighted by molar-refractivity contribution is 0.864. The monoisotopic (exact) mass is 394 g/mol. The van der Waals surface area contributed by atoms with Crippen LogP contribution >= 0.6 is 0 Å². The molecule has 5 rings (SSSR count). The van der Waals surface area contributed by atoms with E-state index in [1.807, 2.05) is 43.3 Å². The average Bonchev–Trinajstić information content (AvgIpc) is 3.47. The zero-order valence-electron chi connectivity index (χ0n) is 15.8. The second-order valence-electron chi connectivity index (χ2n) is 6.42. The molecule has 0 atom stereocenters. The number of nitrogens with zero attached hydrogens (tertiary/aromatic N) is 9. The Balaban J connectivity index is 1.59. The standard InChI is InChI=1S/C20H14N10/c1-13-17(20-27-25-18(30(20)28-13)14-7-4-3-5-8-14)24-26-19-16(21-2)12-23-29(19)15-9-6-10-22-11-15/h3-12,28H,1H3. The maximum absolute atomic E-state index is 7.41. The fourth-order valence-electron chi connectivity index (χ4n) is 3.10. The predicted octanol–water partition coefficient (Wildman–Crippen LogP) is 4.58. The number of pyridine rings is 1. The number of azo groups is 1. The predicted molar refractivity (Wildman–Crippen MR) is 109 cm³/mol. The molecule has 0 unspecified atom stereocenters. The zero-order chi connectivity index (χ0) is 20.5. The van der Waals surface area contributed by atoms with Gasteiger partial charge in [0, 0.05) is 11.8 Å². The molecule has 0 aliphatic carbocycles. The molecule has 0 spiro atoms. The van der Waals surface area contributed by atoms with Gasteiger partial charge in [-0.1, -0.05) is 30.3 Å². The van der Waals surface area contributed by atoms with Crippen LogP contribution in [-0.2, 0) is 0 Å². The summed E-state index contributed by atoms with van der Waals surface area (Å²) >= 11 is 0. The van der Waals surface area contributed by atoms with E-state index < -0.39 is 0 Å². The van der Waals surface area contributed by atoms with Gasteiger partial charge in [0.1, 0.15) is 0 Å². The summed E-state index contributed by atoms with van der Waals surface area (Å²) in [5, 5.41) is 24.7. The average molecular weight is 394 g/mol. The highest BCUT2D eigenvalue weighted by Crippen LogP contribution is 2.33. The van der Waals surface area contributed by atoms with Crippen molar-refractivity contribution in [3.05, 3.63) is 78.2 Å². The molecule has 30 heavy (non-hydrogen) atoms. The normalized spacial score (nSPS) is 11.3. The Hall–Kier alpha value is -4.65. The molecule has 10 heteroatoms. The molecule has 0 radical (unpaired) electrons. The highest BCUT2D eigenvalue weighted by Gasteiger charge is 2.17. The lowest BCUT2D eigenvalue weighted by atomic mass is 10.2. The molecule has 10 nitrogen and oxygen atoms in total. The van der Waals surface area contributed by atoms with E-state index in [0.29, 0.717) is 34.4 Å². The third-order valence-corrected chi connectivity index (χ3v) is 4.52. The van der Waals surface area contributed by atoms with Crippen molar-refractivity contribution >= 4 is 22.8 Å². The van der Waals surface area contributed by atoms with E-state index in [0.717, 1.165) is 11.3 Å². The van der Waals surface area contributed by atoms with Gasteiger partial charge in [-0.2, -0.15) is 5.10 Å². The van der Waals surface area contributed by atoms with E-state index in [2.05, 4.69) is 40.5 Å². The van der Waals surface area contributed by atoms with Gasteiger partial charge >= 0.3 is 0 Å². The Bertz CT molecular complexity index is 1400. The molecule has 1 N–H and O–H groups in total. The number of benzene rings is 1. The Morgan fingerprint density at radius 2 is 1.90 bits per heavy atom. The van der Waals surface area contributed by atoms with E-state index in [4.69, 9.17) is 6.57 Å². The van der Waals surface area contributed by atoms with Crippen LogP contribution in [0.2, 0.25) is 0 Å². The van der Waals surface area contributed by atoms with Crippen LogP contribution in [0.5, 0.6) is 0 Å². The maximum Gasteiger partial charge on any atom is 0.252 e. The minimum Gasteiger partial charge on any atom is -0.293 e. The Kier molecular flexibility index (Phi) is 4.11. The van der Waals surface area contributed by atoms with E-state index in [1.54, 1.807) is 23.0 Å². The fourth-order valence-corrected chi connectivity index (χ4v) is 3.10. The summed E-state index contributed by atoms with van der Waals surface area (Å²) in [6, 6.07) is 13.4. The van der Waals surface area contributed by atoms with Crippen molar-refractivity contribution in [1.82, 2.24) is 34.6 Å². The van der Waals surface area contributed by atoms with Gasteiger partial charge in [-0.3, -0.25) is 10.1 Å². The molecule has 0 bridgehead atoms. The molecule has 0 saturated heterocycles. The van der Waals surface area contributed by atoms with Crippen molar-refractivity contribution in [1.29, 1.82) is 0 Å². The molecular weight excluding hydrogens is 380 g/mol. The summed E-state index contributed by atoms with van der Waals surface area (Å²) in [5.74, 6) is 0.997. The van der Waals surface area contributed by atoms with Crippen molar-refractivity contribution in [3.8, 4) is 17.1 Å². The van der Waals surface area contributed by atoms with Crippen LogP contribution in [0.1, 0.15) is 5.69 Å². The SMILES string of the molecule is [C-]#[N+]c1cnn(-c2cccnc2)c1N=Nc1c(C)[nH]n2c(-c3ccccc3)nnc12. The third kappa shape index (κ3) is 2.82. The smallest absolute Gasteiger partial charge is 0.252 e. The number of hydrogen-bond donors (Lipinski definition) is 1. The molecule has 0 aliphatic heterocycles. The first-order valence-electron chi connectivity index (χ1n) is 9.03. The number of hydrogen-bond acceptors (Lipinski definition) is 6. The highest BCUT2D eigenvalue weighted by atomic mass is 15.4. The van der Waals surface area contributed by atoms with Crippen LogP contribution in [0, 0.1) is 13.5 Å². The van der Waals surface area contributed by atoms with Gasteiger partial charge in [-0.25, -0.2) is 14.0 Å². The molecule has 0 saturated carbocycles. The van der Waals surface area contributed by atoms with Crippen molar-refractivity contribution in [2.75, 3.05) is 0 Å². The molecule has 0 fully saturated rings. The molecule has 1 aromatic carbocycles. The third-order valence-electron chi connectivity index (χ3n) is 4.52. The van der Waals surface area contributed by atoms with Gasteiger partial charge in [0.2, 0.25) is 5.65 Å². The minimum atomic E-state index is 0.290. The number of rotatable bonds is 4. The van der Waals surface area contributed by atoms with Crippen LogP contribution in [0.25, 0.3) is 27.6 Å². The van der Waals surface area contributed by atoms with Gasteiger partial charge < -0.3 is 0 Å². The Morgan fingerprint density at radius 1 is 1.03 bits per heavy atom. The van der Waals surface area contributed by atoms with E-state index in [-0.39, 0.29) is 0 Å². The number of aromatic amines is 1. The summed E-state index contributed by atoms with van der Waals surface area (Å²) in [6.45, 7) is 9.29. The molecule has 0 aliphatic rings. The molecule has 4 aromatic heterocycles. The van der Waals surface area contributed by atoms with Crippen molar-refractivity contribution in [2.45, 2.75) is 6.92 Å². The second-order valence-corrected chi connectivity index (χ2v) is 6.42. The number of fused-ring (bicyclic) bond motifs is 1. The van der Waals surface area contributed by atoms with Crippen LogP contribution in [0.3, 0.4) is 0 Å². The first kappa shape index (κ1) is 17.4. The van der Waals surface area contributed by atoms with E-state index in [1.165, 1.54) is 10.9 Å². The minimum absolute atomic E-state index is 0.290. The van der Waals surface area contributed by atoms with E-state index >= 15 is 0 Å². The van der Waals surface area contributed by atoms with E-state index in [9.17, 15) is 0 Å². The number of nitrogens with one attached hydrogen (secondary N) is 1. The van der Waals surface area contributed by atoms with Crippen LogP contribution < -0.4 is 0 Å². The summed E-state index contributed by atoms with van der Waals surface area (Å²) < 4.78 is 3.30. The quantitative estimate of drug-likeness (QED) is 0.356. The van der Waals surface area contributed by atoms with Crippen LogP contribution in [0.4, 0.5) is 17.2 Å². The fraction of sp³-hybridized carbons (Fsp3) is 0.0500. The number of aromatic nitrogens is 7. The maximum atomic E-state index is 7.41. The molecule has 144 valence electrons. The summed E-state index contributed by atoms with van der Waals surface area (Å²) in [4.78, 5) is 7.59. The molecule has 0 amide bonds. The number of H-pyrrole nitrogens is 1. The Morgan fingerprint density at radius 3 is 2.67 bits per heavy atom. The number of aryl methyl sites for hydroxylation is 1. The van der Waals surface area contributed by atoms with Crippen molar-refractivity contribution in [2.24, 2.45) is 10.2 Å². The second kappa shape index (κ2) is 7.06. The summed E-state index contributed by atoms with van der Waals surface area (Å²) in [7, 11) is 0. The lowest BCUT2D eigenvalue weighted by Crippen LogP contribution is -1.95. The van der Waals surface area contributed by atoms with Gasteiger partial charge in [0.15, 0.2) is 17.3 Å². The van der Waals surface area contributed by atoms with Crippen molar-refractivity contribution in [3.63, 3.8) is 0 Å². The highest BCUT2D eigenvalue weighted by molar-refractivity contribution is 5.71. The topological polar surface area (TPSA) is 106 Å². The molecule has 5 aromatic rings. The van der Waals surface area contributed by atoms with Crippen LogP contribution in [-0.4, -0.2) is 34.6 Å².